The summed E-state index contributed by atoms with van der Waals surface area (Å²) in [5.41, 5.74) is 1.33. The van der Waals surface area contributed by atoms with Crippen molar-refractivity contribution in [2.24, 2.45) is 15.3 Å². The van der Waals surface area contributed by atoms with Crippen LogP contribution in [0, 0.1) is 5.92 Å². The quantitative estimate of drug-likeness (QED) is 0.635. The van der Waals surface area contributed by atoms with Crippen molar-refractivity contribution >= 4 is 39.6 Å². The van der Waals surface area contributed by atoms with E-state index in [4.69, 9.17) is 9.47 Å². The van der Waals surface area contributed by atoms with Gasteiger partial charge in [-0.15, -0.1) is 12.4 Å². The number of methoxy groups -OCH3 is 2. The summed E-state index contributed by atoms with van der Waals surface area (Å²) >= 11 is 0. The maximum atomic E-state index is 13.3. The molecule has 1 unspecified atom stereocenters. The molecule has 2 heterocycles. The van der Waals surface area contributed by atoms with Gasteiger partial charge in [-0.3, -0.25) is 4.79 Å². The number of Topliss-reactive ketones (excluding diaryl/α,β-unsaturated/α-hetero) is 1. The lowest BCUT2D eigenvalue weighted by atomic mass is 9.89. The van der Waals surface area contributed by atoms with E-state index in [0.717, 1.165) is 5.56 Å². The van der Waals surface area contributed by atoms with Crippen LogP contribution in [0.25, 0.3) is 0 Å². The Morgan fingerprint density at radius 3 is 2.29 bits per heavy atom. The van der Waals surface area contributed by atoms with Gasteiger partial charge in [0.2, 0.25) is 5.96 Å². The zero-order chi connectivity index (χ0) is 21.3. The Labute approximate surface area is 189 Å². The van der Waals surface area contributed by atoms with Gasteiger partial charge in [-0.25, -0.2) is 9.20 Å². The number of piperidine rings is 1. The Bertz CT molecular complexity index is 1120. The molecule has 31 heavy (non-hydrogen) atoms. The van der Waals surface area contributed by atoms with E-state index in [0.29, 0.717) is 54.0 Å². The van der Waals surface area contributed by atoms with Gasteiger partial charge in [-0.2, -0.15) is 4.36 Å². The highest BCUT2D eigenvalue weighted by atomic mass is 35.5. The minimum atomic E-state index is -2.67. The van der Waals surface area contributed by atoms with E-state index in [1.165, 1.54) is 7.11 Å². The lowest BCUT2D eigenvalue weighted by Crippen LogP contribution is -2.40. The number of benzene rings is 2. The number of hydrogen-bond acceptors (Lipinski definition) is 7. The molecule has 9 heteroatoms. The fraction of sp³-hybridized carbons (Fsp3) is 0.364. The van der Waals surface area contributed by atoms with Crippen LogP contribution in [0.2, 0.25) is 0 Å². The first-order valence-electron chi connectivity index (χ1n) is 9.84. The molecule has 2 aliphatic rings. The Balaban J connectivity index is 0.00000272. The number of carbonyl (C=O) groups excluding carboxylic acids is 1. The van der Waals surface area contributed by atoms with Crippen LogP contribution in [0.1, 0.15) is 23.2 Å². The second-order valence-corrected chi connectivity index (χ2v) is 9.70. The maximum Gasteiger partial charge on any atom is 0.234 e. The van der Waals surface area contributed by atoms with Crippen LogP contribution >= 0.6 is 12.4 Å². The molecule has 7 nitrogen and oxygen atoms in total. The topological polar surface area (TPSA) is 80.6 Å². The first-order valence-corrected chi connectivity index (χ1v) is 11.8. The molecule has 166 valence electrons. The monoisotopic (exact) mass is 463 g/mol. The molecule has 0 bridgehead atoms. The van der Waals surface area contributed by atoms with E-state index in [-0.39, 0.29) is 24.1 Å². The smallest absolute Gasteiger partial charge is 0.234 e. The van der Waals surface area contributed by atoms with Crippen LogP contribution < -0.4 is 9.47 Å². The minimum absolute atomic E-state index is 0. The molecule has 4 rings (SSSR count). The number of hydrogen-bond donors (Lipinski definition) is 0. The predicted molar refractivity (Wildman–Crippen MR) is 124 cm³/mol. The van der Waals surface area contributed by atoms with Gasteiger partial charge in [0.1, 0.15) is 0 Å². The molecule has 1 fully saturated rings. The van der Waals surface area contributed by atoms with Crippen molar-refractivity contribution in [1.29, 1.82) is 0 Å². The molecule has 2 aromatic rings. The summed E-state index contributed by atoms with van der Waals surface area (Å²) < 4.78 is 28.4. The number of halogens is 1. The van der Waals surface area contributed by atoms with Crippen LogP contribution in [0.5, 0.6) is 11.5 Å². The number of guanidine groups is 1. The molecule has 2 aliphatic heterocycles. The molecule has 1 atom stereocenters. The van der Waals surface area contributed by atoms with Crippen molar-refractivity contribution in [3.8, 4) is 11.5 Å². The normalized spacial score (nSPS) is 20.6. The summed E-state index contributed by atoms with van der Waals surface area (Å²) in [6, 6.07) is 12.8. The van der Waals surface area contributed by atoms with Crippen molar-refractivity contribution in [2.75, 3.05) is 33.6 Å². The van der Waals surface area contributed by atoms with Crippen LogP contribution in [-0.4, -0.2) is 54.4 Å². The van der Waals surface area contributed by atoms with Crippen LogP contribution in [0.4, 0.5) is 5.69 Å². The van der Waals surface area contributed by atoms with Crippen molar-refractivity contribution in [3.63, 3.8) is 0 Å². The highest BCUT2D eigenvalue weighted by Crippen LogP contribution is 2.40. The van der Waals surface area contributed by atoms with Gasteiger partial charge in [0.15, 0.2) is 17.3 Å². The minimum Gasteiger partial charge on any atom is -0.493 e. The Morgan fingerprint density at radius 1 is 1.06 bits per heavy atom. The number of ketones is 1. The third-order valence-corrected chi connectivity index (χ3v) is 7.21. The fourth-order valence-corrected chi connectivity index (χ4v) is 5.27. The Morgan fingerprint density at radius 2 is 1.68 bits per heavy atom. The second kappa shape index (κ2) is 9.28. The molecule has 0 saturated carbocycles. The first kappa shape index (κ1) is 23.1. The number of aliphatic imine (C=N–C) groups is 1. The lowest BCUT2D eigenvalue weighted by molar-refractivity contribution is 0.0872. The average Bonchev–Trinajstić information content (AvgIpc) is 2.78. The summed E-state index contributed by atoms with van der Waals surface area (Å²) in [5, 5.41) is 0. The summed E-state index contributed by atoms with van der Waals surface area (Å²) in [4.78, 5) is 19.9. The second-order valence-electron chi connectivity index (χ2n) is 7.47. The molecular formula is C22H26ClN3O4S. The van der Waals surface area contributed by atoms with Gasteiger partial charge in [-0.05, 0) is 12.8 Å². The maximum absolute atomic E-state index is 13.3. The number of ether oxygens (including phenoxy) is 2. The summed E-state index contributed by atoms with van der Waals surface area (Å²) in [6.45, 7) is 1.29. The third-order valence-electron chi connectivity index (χ3n) is 5.56. The van der Waals surface area contributed by atoms with Crippen LogP contribution in [-0.2, 0) is 9.73 Å². The van der Waals surface area contributed by atoms with E-state index in [2.05, 4.69) is 9.36 Å². The number of nitrogens with zero attached hydrogens (tertiary/aromatic N) is 3. The zero-order valence-electron chi connectivity index (χ0n) is 17.7. The number of rotatable bonds is 4. The summed E-state index contributed by atoms with van der Waals surface area (Å²) in [5.74, 6) is 1.64. The van der Waals surface area contributed by atoms with Crippen molar-refractivity contribution in [2.45, 2.75) is 17.7 Å². The van der Waals surface area contributed by atoms with Gasteiger partial charge in [0, 0.05) is 43.0 Å². The summed E-state index contributed by atoms with van der Waals surface area (Å²) in [6.07, 6.45) is 3.04. The largest absolute Gasteiger partial charge is 0.493 e. The molecule has 2 aromatic carbocycles. The molecule has 0 aromatic heterocycles. The standard InChI is InChI=1S/C22H25N3O4S.ClH/c1-28-18-13-17-20(14-19(18)29-2)30(3,27)24-22(23-17)25-11-9-16(10-12-25)21(26)15-7-5-4-6-8-15;/h4-8,13-14,16H,9-12H2,1-3H3;1H. The molecular weight excluding hydrogens is 438 g/mol. The fourth-order valence-electron chi connectivity index (χ4n) is 3.88. The van der Waals surface area contributed by atoms with E-state index in [1.54, 1.807) is 25.5 Å². The van der Waals surface area contributed by atoms with Crippen molar-refractivity contribution in [1.82, 2.24) is 4.90 Å². The Kier molecular flexibility index (Phi) is 6.91. The molecule has 0 spiro atoms. The van der Waals surface area contributed by atoms with Gasteiger partial charge in [0.25, 0.3) is 0 Å². The molecule has 0 radical (unpaired) electrons. The number of carbonyl (C=O) groups is 1. The highest BCUT2D eigenvalue weighted by molar-refractivity contribution is 7.93. The van der Waals surface area contributed by atoms with E-state index in [1.807, 2.05) is 35.2 Å². The number of likely N-dealkylation sites (tertiary alicyclic amines) is 1. The van der Waals surface area contributed by atoms with E-state index < -0.39 is 9.73 Å². The molecule has 1 saturated heterocycles. The van der Waals surface area contributed by atoms with Gasteiger partial charge >= 0.3 is 0 Å². The number of fused-ring (bicyclic) bond motifs is 1. The van der Waals surface area contributed by atoms with Gasteiger partial charge < -0.3 is 14.4 Å². The van der Waals surface area contributed by atoms with Crippen LogP contribution in [0.15, 0.2) is 56.7 Å². The molecule has 0 amide bonds. The molecule has 0 aliphatic carbocycles. The van der Waals surface area contributed by atoms with Gasteiger partial charge in [-0.1, -0.05) is 30.3 Å². The van der Waals surface area contributed by atoms with Crippen molar-refractivity contribution < 1.29 is 18.5 Å². The summed E-state index contributed by atoms with van der Waals surface area (Å²) in [7, 11) is 0.423. The zero-order valence-corrected chi connectivity index (χ0v) is 19.4. The van der Waals surface area contributed by atoms with Crippen LogP contribution in [0.3, 0.4) is 0 Å². The van der Waals surface area contributed by atoms with E-state index >= 15 is 0 Å². The average molecular weight is 464 g/mol. The van der Waals surface area contributed by atoms with E-state index in [9.17, 15) is 9.00 Å². The predicted octanol–water partition coefficient (Wildman–Crippen LogP) is 4.18. The highest BCUT2D eigenvalue weighted by Gasteiger charge is 2.30. The van der Waals surface area contributed by atoms with Crippen molar-refractivity contribution in [3.05, 3.63) is 48.0 Å². The molecule has 0 N–H and O–H groups in total. The SMILES string of the molecule is COc1cc2c(cc1OC)S(C)(=O)=NC(N1CCC(C(=O)c3ccccc3)CC1)=N2.Cl. The lowest BCUT2D eigenvalue weighted by Gasteiger charge is -2.33. The van der Waals surface area contributed by atoms with Gasteiger partial charge in [0.05, 0.1) is 34.5 Å². The Hall–Kier alpha value is -2.58. The first-order chi connectivity index (χ1) is 14.4. The third kappa shape index (κ3) is 4.55.